The van der Waals surface area contributed by atoms with Crippen LogP contribution in [0, 0.1) is 5.92 Å². The molecule has 0 spiro atoms. The second-order valence-electron chi connectivity index (χ2n) is 4.16. The molecule has 0 heterocycles. The molecule has 0 radical (unpaired) electrons. The summed E-state index contributed by atoms with van der Waals surface area (Å²) in [4.78, 5) is 11.7. The van der Waals surface area contributed by atoms with Gasteiger partial charge in [-0.05, 0) is 18.4 Å². The molecule has 1 atom stereocenters. The van der Waals surface area contributed by atoms with Crippen LogP contribution in [0.3, 0.4) is 0 Å². The van der Waals surface area contributed by atoms with Crippen LogP contribution in [0.2, 0.25) is 0 Å². The van der Waals surface area contributed by atoms with Gasteiger partial charge in [-0.3, -0.25) is 4.79 Å². The maximum Gasteiger partial charge on any atom is 0.136 e. The lowest BCUT2D eigenvalue weighted by Crippen LogP contribution is -2.13. The largest absolute Gasteiger partial charge is 0.299 e. The molecule has 0 N–H and O–H groups in total. The predicted molar refractivity (Wildman–Crippen MR) is 63.8 cm³/mol. The lowest BCUT2D eigenvalue weighted by molar-refractivity contribution is -0.122. The summed E-state index contributed by atoms with van der Waals surface area (Å²) in [5.74, 6) is 0.569. The Morgan fingerprint density at radius 1 is 1.27 bits per heavy atom. The molecule has 0 aliphatic carbocycles. The summed E-state index contributed by atoms with van der Waals surface area (Å²) in [6, 6.07) is 10.2. The van der Waals surface area contributed by atoms with Crippen molar-refractivity contribution in [2.45, 2.75) is 39.5 Å². The van der Waals surface area contributed by atoms with E-state index in [1.165, 1.54) is 5.56 Å². The van der Waals surface area contributed by atoms with Crippen LogP contribution >= 0.6 is 0 Å². The fourth-order valence-corrected chi connectivity index (χ4v) is 1.68. The summed E-state index contributed by atoms with van der Waals surface area (Å²) in [5.41, 5.74) is 1.26. The van der Waals surface area contributed by atoms with E-state index in [0.29, 0.717) is 5.78 Å². The van der Waals surface area contributed by atoms with E-state index >= 15 is 0 Å². The molecule has 0 saturated carbocycles. The highest BCUT2D eigenvalue weighted by molar-refractivity contribution is 5.80. The second kappa shape index (κ2) is 6.39. The zero-order valence-electron chi connectivity index (χ0n) is 9.70. The zero-order valence-corrected chi connectivity index (χ0v) is 9.70. The molecule has 15 heavy (non-hydrogen) atoms. The van der Waals surface area contributed by atoms with Crippen molar-refractivity contribution >= 4 is 5.78 Å². The Morgan fingerprint density at radius 2 is 1.93 bits per heavy atom. The molecule has 0 aliphatic heterocycles. The minimum atomic E-state index is 0.166. The fourth-order valence-electron chi connectivity index (χ4n) is 1.68. The molecule has 0 aromatic heterocycles. The van der Waals surface area contributed by atoms with Gasteiger partial charge in [0, 0.05) is 12.3 Å². The van der Waals surface area contributed by atoms with Gasteiger partial charge < -0.3 is 0 Å². The van der Waals surface area contributed by atoms with Crippen molar-refractivity contribution in [3.63, 3.8) is 0 Å². The van der Waals surface area contributed by atoms with E-state index in [1.54, 1.807) is 0 Å². The number of carbonyl (C=O) groups is 1. The van der Waals surface area contributed by atoms with E-state index in [-0.39, 0.29) is 5.92 Å². The van der Waals surface area contributed by atoms with E-state index in [0.717, 1.165) is 25.7 Å². The van der Waals surface area contributed by atoms with Crippen molar-refractivity contribution in [2.75, 3.05) is 0 Å². The van der Waals surface area contributed by atoms with Crippen LogP contribution < -0.4 is 0 Å². The van der Waals surface area contributed by atoms with Crippen LogP contribution in [-0.2, 0) is 11.2 Å². The average molecular weight is 204 g/mol. The van der Waals surface area contributed by atoms with Gasteiger partial charge in [-0.1, -0.05) is 50.6 Å². The number of hydrogen-bond acceptors (Lipinski definition) is 1. The number of hydrogen-bond donors (Lipinski definition) is 0. The first-order chi connectivity index (χ1) is 7.24. The van der Waals surface area contributed by atoms with Crippen molar-refractivity contribution in [3.05, 3.63) is 35.9 Å². The summed E-state index contributed by atoms with van der Waals surface area (Å²) in [6.07, 6.45) is 3.75. The van der Waals surface area contributed by atoms with Crippen molar-refractivity contribution < 1.29 is 4.79 Å². The molecule has 1 rings (SSSR count). The van der Waals surface area contributed by atoms with Crippen molar-refractivity contribution in [3.8, 4) is 0 Å². The maximum atomic E-state index is 11.7. The molecule has 0 saturated heterocycles. The van der Waals surface area contributed by atoms with Gasteiger partial charge in [-0.2, -0.15) is 0 Å². The fraction of sp³-hybridized carbons (Fsp3) is 0.500. The van der Waals surface area contributed by atoms with Crippen LogP contribution in [0.15, 0.2) is 30.3 Å². The Morgan fingerprint density at radius 3 is 2.53 bits per heavy atom. The van der Waals surface area contributed by atoms with Gasteiger partial charge in [0.2, 0.25) is 0 Å². The smallest absolute Gasteiger partial charge is 0.136 e. The van der Waals surface area contributed by atoms with Gasteiger partial charge in [-0.25, -0.2) is 0 Å². The maximum absolute atomic E-state index is 11.7. The lowest BCUT2D eigenvalue weighted by atomic mass is 9.94. The molecule has 0 bridgehead atoms. The first-order valence-electron chi connectivity index (χ1n) is 5.80. The highest BCUT2D eigenvalue weighted by atomic mass is 16.1. The van der Waals surface area contributed by atoms with E-state index in [2.05, 4.69) is 19.1 Å². The Kier molecular flexibility index (Phi) is 5.09. The molecule has 0 fully saturated rings. The average Bonchev–Trinajstić information content (AvgIpc) is 2.27. The van der Waals surface area contributed by atoms with Gasteiger partial charge in [-0.15, -0.1) is 0 Å². The predicted octanol–water partition coefficient (Wildman–Crippen LogP) is 3.62. The van der Waals surface area contributed by atoms with Gasteiger partial charge >= 0.3 is 0 Å². The normalized spacial score (nSPS) is 12.4. The third kappa shape index (κ3) is 4.28. The highest BCUT2D eigenvalue weighted by Crippen LogP contribution is 2.12. The molecule has 1 nitrogen and oxygen atoms in total. The minimum Gasteiger partial charge on any atom is -0.299 e. The number of Topliss-reactive ketones (excluding diaryl/α,β-unsaturated/α-hetero) is 1. The van der Waals surface area contributed by atoms with Gasteiger partial charge in [0.25, 0.3) is 0 Å². The minimum absolute atomic E-state index is 0.166. The highest BCUT2D eigenvalue weighted by Gasteiger charge is 2.12. The monoisotopic (exact) mass is 204 g/mol. The summed E-state index contributed by atoms with van der Waals surface area (Å²) in [5, 5.41) is 0. The summed E-state index contributed by atoms with van der Waals surface area (Å²) in [6.45, 7) is 4.15. The first-order valence-corrected chi connectivity index (χ1v) is 5.80. The SMILES string of the molecule is CCCCC(=O)[C@@H](C)Cc1ccccc1. The standard InChI is InChI=1S/C14H20O/c1-3-4-10-14(15)12(2)11-13-8-6-5-7-9-13/h5-9,12H,3-4,10-11H2,1-2H3/t12-/m0/s1. The summed E-state index contributed by atoms with van der Waals surface area (Å²) < 4.78 is 0. The summed E-state index contributed by atoms with van der Waals surface area (Å²) >= 11 is 0. The molecule has 0 unspecified atom stereocenters. The number of benzene rings is 1. The molecular formula is C14H20O. The summed E-state index contributed by atoms with van der Waals surface area (Å²) in [7, 11) is 0. The topological polar surface area (TPSA) is 17.1 Å². The third-order valence-corrected chi connectivity index (χ3v) is 2.71. The second-order valence-corrected chi connectivity index (χ2v) is 4.16. The number of carbonyl (C=O) groups excluding carboxylic acids is 1. The van der Waals surface area contributed by atoms with Crippen molar-refractivity contribution in [1.82, 2.24) is 0 Å². The van der Waals surface area contributed by atoms with Crippen LogP contribution in [0.5, 0.6) is 0 Å². The van der Waals surface area contributed by atoms with Gasteiger partial charge in [0.1, 0.15) is 5.78 Å². The Balaban J connectivity index is 2.41. The Labute approximate surface area is 92.5 Å². The van der Waals surface area contributed by atoms with Crippen molar-refractivity contribution in [2.24, 2.45) is 5.92 Å². The molecular weight excluding hydrogens is 184 g/mol. The van der Waals surface area contributed by atoms with E-state index in [9.17, 15) is 4.79 Å². The van der Waals surface area contributed by atoms with Gasteiger partial charge in [0.15, 0.2) is 0 Å². The van der Waals surface area contributed by atoms with E-state index in [4.69, 9.17) is 0 Å². The zero-order chi connectivity index (χ0) is 11.1. The first kappa shape index (κ1) is 12.0. The molecule has 1 heteroatoms. The molecule has 1 aromatic rings. The quantitative estimate of drug-likeness (QED) is 0.691. The lowest BCUT2D eigenvalue weighted by Gasteiger charge is -2.09. The Bertz CT molecular complexity index is 289. The van der Waals surface area contributed by atoms with Crippen LogP contribution in [0.25, 0.3) is 0 Å². The van der Waals surface area contributed by atoms with Crippen LogP contribution in [-0.4, -0.2) is 5.78 Å². The van der Waals surface area contributed by atoms with Crippen LogP contribution in [0.4, 0.5) is 0 Å². The number of rotatable bonds is 6. The number of unbranched alkanes of at least 4 members (excludes halogenated alkanes) is 1. The molecule has 0 amide bonds. The van der Waals surface area contributed by atoms with Crippen LogP contribution in [0.1, 0.15) is 38.7 Å². The third-order valence-electron chi connectivity index (χ3n) is 2.71. The molecule has 82 valence electrons. The van der Waals surface area contributed by atoms with E-state index in [1.807, 2.05) is 25.1 Å². The van der Waals surface area contributed by atoms with Gasteiger partial charge in [0.05, 0.1) is 0 Å². The molecule has 0 aliphatic rings. The molecule has 1 aromatic carbocycles. The van der Waals surface area contributed by atoms with E-state index < -0.39 is 0 Å². The Hall–Kier alpha value is -1.11. The van der Waals surface area contributed by atoms with Crippen molar-refractivity contribution in [1.29, 1.82) is 0 Å². The number of ketones is 1.